The molecular formula is C65H76N4O13S3. The SMILES string of the molecule is COC(=O)C(N)C(C)(C)SC.COC(=O)[C@@H](NC(=O)c1ccc(C#CC#CC2C[C@@H]2CO)cc1)C(C)(C)SC.CSC(C)(C)[C@H](NC(=O)c1ccc(C#CC#CC2C[C@@H]2CO)cc1)C(=O)NO.O=C(O)c1ccc(C#CC#CC2C[C@@H]2CO)cc1. The monoisotopic (exact) mass is 1220 g/mol. The van der Waals surface area contributed by atoms with Crippen molar-refractivity contribution in [3.05, 3.63) is 106 Å². The van der Waals surface area contributed by atoms with Crippen LogP contribution in [0.1, 0.15) is 109 Å². The smallest absolute Gasteiger partial charge is 0.335 e. The predicted octanol–water partition coefficient (Wildman–Crippen LogP) is 5.49. The molecule has 0 bridgehead atoms. The number of nitrogens with one attached hydrogen (secondary N) is 3. The standard InChI is InChI=1S/C22H25NO4S.C21H24N2O4S.C15H12O3.C7H15NO2S/c1-22(2,28-4)19(21(26)27-3)23-20(25)16-11-9-15(10-12-16)7-5-6-8-17-13-18(17)14-24;1-21(2,28-3)18(20(26)23-27)22-19(25)15-10-8-14(9-11-15)6-4-5-7-16-12-17(16)13-24;16-10-14-9-13(14)4-2-1-3-11-5-7-12(8-6-11)15(17)18;1-7(2,11-4)5(8)6(9)10-3/h9-12,17-19,24H,13-14H2,1-4H3,(H,23,25);8-11,16-18,24,27H,12-13H2,1-3H3,(H,22,25)(H,23,26);5-8,13-14,16H,9-10H2,(H,17,18);5H,8H2,1-4H3/t17?,18-,19-;16?,17-,18-;13?,14-;/m111./s1. The lowest BCUT2D eigenvalue weighted by molar-refractivity contribution is -0.144. The molecule has 3 fully saturated rings. The molecule has 3 aromatic rings. The molecule has 3 aliphatic carbocycles. The van der Waals surface area contributed by atoms with Gasteiger partial charge in [-0.15, -0.1) is 0 Å². The van der Waals surface area contributed by atoms with Crippen LogP contribution < -0.4 is 21.8 Å². The van der Waals surface area contributed by atoms with Crippen LogP contribution in [0.2, 0.25) is 0 Å². The van der Waals surface area contributed by atoms with E-state index in [0.717, 1.165) is 36.0 Å². The molecule has 0 aliphatic heterocycles. The number of aliphatic hydroxyl groups excluding tert-OH is 3. The topological polar surface area (TPSA) is 284 Å². The van der Waals surface area contributed by atoms with Gasteiger partial charge in [-0.1, -0.05) is 35.5 Å². The van der Waals surface area contributed by atoms with Crippen LogP contribution in [0.4, 0.5) is 0 Å². The van der Waals surface area contributed by atoms with Gasteiger partial charge in [0.05, 0.1) is 19.8 Å². The number of esters is 2. The number of thioether (sulfide) groups is 3. The molecule has 0 saturated heterocycles. The summed E-state index contributed by atoms with van der Waals surface area (Å²) in [5.41, 5.74) is 10.5. The normalized spacial score (nSPS) is 18.4. The predicted molar refractivity (Wildman–Crippen MR) is 334 cm³/mol. The third-order valence-electron chi connectivity index (χ3n) is 14.0. The van der Waals surface area contributed by atoms with E-state index < -0.39 is 51.4 Å². The molecule has 452 valence electrons. The fourth-order valence-corrected chi connectivity index (χ4v) is 8.28. The number of aliphatic hydroxyl groups is 3. The number of methoxy groups -OCH3 is 2. The zero-order valence-corrected chi connectivity index (χ0v) is 52.1. The zero-order valence-electron chi connectivity index (χ0n) is 49.7. The maximum absolute atomic E-state index is 12.5. The molecule has 3 aromatic carbocycles. The highest BCUT2D eigenvalue weighted by molar-refractivity contribution is 8.00. The Hall–Kier alpha value is -7.31. The zero-order chi connectivity index (χ0) is 63.5. The summed E-state index contributed by atoms with van der Waals surface area (Å²) in [6.45, 7) is 11.8. The van der Waals surface area contributed by atoms with Crippen molar-refractivity contribution in [3.63, 3.8) is 0 Å². The second-order valence-electron chi connectivity index (χ2n) is 21.2. The van der Waals surface area contributed by atoms with Crippen molar-refractivity contribution in [2.75, 3.05) is 52.8 Å². The van der Waals surface area contributed by atoms with Gasteiger partial charge in [-0.25, -0.2) is 15.1 Å². The highest BCUT2D eigenvalue weighted by Crippen LogP contribution is 2.38. The number of carboxylic acids is 1. The number of ether oxygens (including phenoxy) is 2. The average Bonchev–Trinajstić information content (AvgIpc) is 4.57. The average molecular weight is 1220 g/mol. The molecule has 20 heteroatoms. The maximum atomic E-state index is 12.5. The molecule has 6 rings (SSSR count). The molecule has 3 amide bonds. The van der Waals surface area contributed by atoms with Gasteiger partial charge >= 0.3 is 17.9 Å². The molecule has 17 nitrogen and oxygen atoms in total. The van der Waals surface area contributed by atoms with Crippen molar-refractivity contribution in [2.45, 2.75) is 93.2 Å². The van der Waals surface area contributed by atoms with Crippen LogP contribution in [0.25, 0.3) is 0 Å². The highest BCUT2D eigenvalue weighted by Gasteiger charge is 2.39. The minimum Gasteiger partial charge on any atom is -0.478 e. The van der Waals surface area contributed by atoms with Crippen molar-refractivity contribution in [2.24, 2.45) is 41.2 Å². The van der Waals surface area contributed by atoms with Gasteiger partial charge in [-0.3, -0.25) is 24.4 Å². The van der Waals surface area contributed by atoms with Crippen molar-refractivity contribution in [1.82, 2.24) is 16.1 Å². The molecule has 0 radical (unpaired) electrons. The van der Waals surface area contributed by atoms with Crippen LogP contribution in [0.5, 0.6) is 0 Å². The fourth-order valence-electron chi connectivity index (χ4n) is 7.14. The number of carboxylic acid groups (broad SMARTS) is 1. The molecule has 3 aliphatic rings. The Kier molecular flexibility index (Phi) is 29.8. The maximum Gasteiger partial charge on any atom is 0.335 e. The van der Waals surface area contributed by atoms with Gasteiger partial charge in [0, 0.05) is 79.6 Å². The third kappa shape index (κ3) is 24.3. The van der Waals surface area contributed by atoms with E-state index in [2.05, 4.69) is 86.4 Å². The number of hydroxylamine groups is 1. The number of hydrogen-bond donors (Lipinski definition) is 9. The summed E-state index contributed by atoms with van der Waals surface area (Å²) >= 11 is 4.44. The van der Waals surface area contributed by atoms with E-state index in [9.17, 15) is 28.8 Å². The minimum atomic E-state index is -0.946. The van der Waals surface area contributed by atoms with Crippen molar-refractivity contribution in [3.8, 4) is 71.0 Å². The van der Waals surface area contributed by atoms with E-state index >= 15 is 0 Å². The van der Waals surface area contributed by atoms with E-state index in [1.54, 1.807) is 77.9 Å². The van der Waals surface area contributed by atoms with Crippen molar-refractivity contribution < 1.29 is 63.9 Å². The van der Waals surface area contributed by atoms with Gasteiger partial charge in [-0.05, 0) is 206 Å². The van der Waals surface area contributed by atoms with Gasteiger partial charge < -0.3 is 46.3 Å². The molecular weight excluding hydrogens is 1140 g/mol. The Morgan fingerprint density at radius 3 is 1.13 bits per heavy atom. The van der Waals surface area contributed by atoms with Crippen LogP contribution in [-0.2, 0) is 23.9 Å². The first kappa shape index (κ1) is 72.0. The first-order valence-corrected chi connectivity index (χ1v) is 30.5. The third-order valence-corrected chi connectivity index (χ3v) is 17.9. The van der Waals surface area contributed by atoms with Gasteiger partial charge in [0.1, 0.15) is 18.1 Å². The van der Waals surface area contributed by atoms with Gasteiger partial charge in [0.25, 0.3) is 17.7 Å². The highest BCUT2D eigenvalue weighted by atomic mass is 32.2. The molecule has 0 spiro atoms. The van der Waals surface area contributed by atoms with Crippen LogP contribution in [0.15, 0.2) is 72.8 Å². The van der Waals surface area contributed by atoms with Crippen LogP contribution in [-0.4, -0.2) is 146 Å². The number of benzene rings is 3. The summed E-state index contributed by atoms with van der Waals surface area (Å²) in [5, 5.41) is 49.9. The summed E-state index contributed by atoms with van der Waals surface area (Å²) in [6.07, 6.45) is 8.45. The molecule has 9 atom stereocenters. The van der Waals surface area contributed by atoms with Crippen molar-refractivity contribution >= 4 is 70.9 Å². The first-order valence-electron chi connectivity index (χ1n) is 26.8. The lowest BCUT2D eigenvalue weighted by Gasteiger charge is -2.31. The summed E-state index contributed by atoms with van der Waals surface area (Å²) in [7, 11) is 2.65. The van der Waals surface area contributed by atoms with E-state index in [4.69, 9.17) is 36.1 Å². The number of aromatic carboxylic acids is 1. The minimum absolute atomic E-state index is 0.172. The van der Waals surface area contributed by atoms with E-state index in [-0.39, 0.29) is 53.8 Å². The Balaban J connectivity index is 0.000000312. The fraction of sp³-hybridized carbons (Fsp3) is 0.446. The number of rotatable bonds is 17. The second kappa shape index (κ2) is 35.2. The number of carbonyl (C=O) groups excluding carboxylic acids is 5. The number of carbonyl (C=O) groups is 6. The van der Waals surface area contributed by atoms with Gasteiger partial charge in [0.15, 0.2) is 0 Å². The largest absolute Gasteiger partial charge is 0.478 e. The van der Waals surface area contributed by atoms with E-state index in [0.29, 0.717) is 34.8 Å². The number of hydrogen-bond acceptors (Lipinski definition) is 16. The summed E-state index contributed by atoms with van der Waals surface area (Å²) in [5.74, 6) is 32.9. The number of nitrogens with two attached hydrogens (primary N) is 1. The van der Waals surface area contributed by atoms with E-state index in [1.165, 1.54) is 49.9 Å². The van der Waals surface area contributed by atoms with Crippen LogP contribution in [0, 0.1) is 107 Å². The summed E-state index contributed by atoms with van der Waals surface area (Å²) in [4.78, 5) is 70.7. The Labute approximate surface area is 512 Å². The first-order chi connectivity index (χ1) is 40.3. The summed E-state index contributed by atoms with van der Waals surface area (Å²) in [6, 6.07) is 17.6. The van der Waals surface area contributed by atoms with Crippen LogP contribution in [0.3, 0.4) is 0 Å². The van der Waals surface area contributed by atoms with Gasteiger partial charge in [0.2, 0.25) is 0 Å². The molecule has 0 aromatic heterocycles. The summed E-state index contributed by atoms with van der Waals surface area (Å²) < 4.78 is 7.98. The molecule has 0 heterocycles. The van der Waals surface area contributed by atoms with Gasteiger partial charge in [-0.2, -0.15) is 35.3 Å². The molecule has 10 N–H and O–H groups in total. The van der Waals surface area contributed by atoms with Crippen LogP contribution >= 0.6 is 35.3 Å². The second-order valence-corrected chi connectivity index (χ2v) is 25.6. The molecule has 3 saturated carbocycles. The lowest BCUT2D eigenvalue weighted by Crippen LogP contribution is -2.55. The Morgan fingerprint density at radius 2 is 0.847 bits per heavy atom. The quantitative estimate of drug-likeness (QED) is 0.0349. The Bertz CT molecular complexity index is 3050. The lowest BCUT2D eigenvalue weighted by atomic mass is 10.0. The van der Waals surface area contributed by atoms with E-state index in [1.807, 2.05) is 60.3 Å². The molecule has 4 unspecified atom stereocenters. The Morgan fingerprint density at radius 1 is 0.529 bits per heavy atom. The number of amides is 3. The van der Waals surface area contributed by atoms with Crippen molar-refractivity contribution in [1.29, 1.82) is 0 Å². The molecule has 85 heavy (non-hydrogen) atoms.